The maximum atomic E-state index is 6.43. The topological polar surface area (TPSA) is 16.4 Å². The van der Waals surface area contributed by atoms with E-state index < -0.39 is 0 Å². The van der Waals surface area contributed by atoms with Crippen LogP contribution >= 0.6 is 0 Å². The Morgan fingerprint density at radius 2 is 0.792 bits per heavy atom. The van der Waals surface area contributed by atoms with E-state index in [4.69, 9.17) is 4.42 Å². The van der Waals surface area contributed by atoms with Crippen LogP contribution in [-0.2, 0) is 0 Å². The molecule has 10 aromatic rings. The lowest BCUT2D eigenvalue weighted by Gasteiger charge is -2.29. The first kappa shape index (κ1) is 26.8. The van der Waals surface area contributed by atoms with Gasteiger partial charge in [0.2, 0.25) is 0 Å². The van der Waals surface area contributed by atoms with Crippen molar-refractivity contribution in [2.75, 3.05) is 4.90 Å². The van der Waals surface area contributed by atoms with Crippen LogP contribution < -0.4 is 4.90 Å². The number of hydrogen-bond acceptors (Lipinski definition) is 2. The smallest absolute Gasteiger partial charge is 0.135 e. The highest BCUT2D eigenvalue weighted by Gasteiger charge is 2.22. The Morgan fingerprint density at radius 3 is 1.40 bits per heavy atom. The van der Waals surface area contributed by atoms with E-state index in [0.717, 1.165) is 39.0 Å². The average molecular weight is 612 g/mol. The van der Waals surface area contributed by atoms with Gasteiger partial charge in [-0.3, -0.25) is 0 Å². The van der Waals surface area contributed by atoms with Crippen molar-refractivity contribution in [2.24, 2.45) is 0 Å². The van der Waals surface area contributed by atoms with Crippen LogP contribution in [0.2, 0.25) is 0 Å². The van der Waals surface area contributed by atoms with Crippen LogP contribution in [0.1, 0.15) is 0 Å². The second-order valence-corrected chi connectivity index (χ2v) is 12.5. The van der Waals surface area contributed by atoms with E-state index in [1.165, 1.54) is 54.2 Å². The molecule has 1 aromatic heterocycles. The highest BCUT2D eigenvalue weighted by Crippen LogP contribution is 2.47. The Hall–Kier alpha value is -6.38. The van der Waals surface area contributed by atoms with Gasteiger partial charge in [0.15, 0.2) is 0 Å². The minimum absolute atomic E-state index is 0.880. The third kappa shape index (κ3) is 4.13. The number of benzene rings is 9. The first-order chi connectivity index (χ1) is 23.8. The van der Waals surface area contributed by atoms with E-state index in [1.54, 1.807) is 0 Å². The van der Waals surface area contributed by atoms with E-state index >= 15 is 0 Å². The minimum Gasteiger partial charge on any atom is -0.456 e. The van der Waals surface area contributed by atoms with Crippen LogP contribution in [0, 0.1) is 0 Å². The van der Waals surface area contributed by atoms with Crippen LogP contribution in [0.25, 0.3) is 76.2 Å². The van der Waals surface area contributed by atoms with Crippen LogP contribution in [0.4, 0.5) is 17.1 Å². The molecule has 0 spiro atoms. The zero-order chi connectivity index (χ0) is 31.6. The van der Waals surface area contributed by atoms with Crippen molar-refractivity contribution in [2.45, 2.75) is 0 Å². The normalized spacial score (nSPS) is 11.8. The van der Waals surface area contributed by atoms with Gasteiger partial charge in [0.05, 0.1) is 11.4 Å². The Bertz CT molecular complexity index is 2730. The summed E-state index contributed by atoms with van der Waals surface area (Å²) in [5, 5.41) is 12.0. The summed E-state index contributed by atoms with van der Waals surface area (Å²) in [6, 6.07) is 63.4. The largest absolute Gasteiger partial charge is 0.456 e. The summed E-state index contributed by atoms with van der Waals surface area (Å²) in [5.41, 5.74) is 7.50. The molecule has 9 aromatic carbocycles. The van der Waals surface area contributed by atoms with E-state index in [9.17, 15) is 0 Å². The van der Waals surface area contributed by atoms with Gasteiger partial charge in [-0.2, -0.15) is 0 Å². The number of nitrogens with zero attached hydrogens (tertiary/aromatic N) is 1. The van der Waals surface area contributed by atoms with Gasteiger partial charge in [-0.25, -0.2) is 0 Å². The second kappa shape index (κ2) is 10.6. The summed E-state index contributed by atoms with van der Waals surface area (Å²) < 4.78 is 6.43. The van der Waals surface area contributed by atoms with Crippen LogP contribution in [0.3, 0.4) is 0 Å². The fourth-order valence-corrected chi connectivity index (χ4v) is 7.56. The maximum absolute atomic E-state index is 6.43. The first-order valence-corrected chi connectivity index (χ1v) is 16.4. The van der Waals surface area contributed by atoms with Crippen molar-refractivity contribution < 1.29 is 4.42 Å². The molecular weight excluding hydrogens is 583 g/mol. The highest BCUT2D eigenvalue weighted by atomic mass is 16.3. The fraction of sp³-hybridized carbons (Fsp3) is 0. The molecule has 48 heavy (non-hydrogen) atoms. The van der Waals surface area contributed by atoms with E-state index in [2.05, 4.69) is 181 Å². The zero-order valence-electron chi connectivity index (χ0n) is 26.1. The van der Waals surface area contributed by atoms with Crippen molar-refractivity contribution in [3.05, 3.63) is 176 Å². The summed E-state index contributed by atoms with van der Waals surface area (Å²) in [6.45, 7) is 0. The summed E-state index contributed by atoms with van der Waals surface area (Å²) in [5.74, 6) is 0. The number of furan rings is 1. The van der Waals surface area contributed by atoms with Crippen LogP contribution in [0.15, 0.2) is 180 Å². The van der Waals surface area contributed by atoms with Gasteiger partial charge in [0.1, 0.15) is 11.2 Å². The van der Waals surface area contributed by atoms with Crippen LogP contribution in [0.5, 0.6) is 0 Å². The number of hydrogen-bond donors (Lipinski definition) is 0. The molecule has 0 radical (unpaired) electrons. The molecule has 0 unspecified atom stereocenters. The van der Waals surface area contributed by atoms with E-state index in [0.29, 0.717) is 0 Å². The van der Waals surface area contributed by atoms with Crippen molar-refractivity contribution in [1.29, 1.82) is 0 Å². The lowest BCUT2D eigenvalue weighted by Crippen LogP contribution is -2.11. The molecule has 0 saturated carbocycles. The Morgan fingerprint density at radius 1 is 0.312 bits per heavy atom. The monoisotopic (exact) mass is 611 g/mol. The van der Waals surface area contributed by atoms with E-state index in [-0.39, 0.29) is 0 Å². The molecule has 0 saturated heterocycles. The van der Waals surface area contributed by atoms with Gasteiger partial charge in [0, 0.05) is 27.2 Å². The summed E-state index contributed by atoms with van der Waals surface area (Å²) in [7, 11) is 0. The lowest BCUT2D eigenvalue weighted by atomic mass is 9.96. The molecule has 1 heterocycles. The standard InChI is InChI=1S/C46H29NO/c1-2-12-30(13-3-1)31-22-24-45-41(26-31)42-29-34(23-25-46(42)48-45)47(43-27-32-14-4-6-16-35(32)37-18-8-10-20-39(37)43)44-28-33-15-5-7-17-36(33)38-19-9-11-21-40(38)44/h1-29H. The predicted molar refractivity (Wildman–Crippen MR) is 204 cm³/mol. The molecule has 10 rings (SSSR count). The predicted octanol–water partition coefficient (Wildman–Crippen LogP) is 13.3. The van der Waals surface area contributed by atoms with Crippen LogP contribution in [-0.4, -0.2) is 0 Å². The maximum Gasteiger partial charge on any atom is 0.135 e. The van der Waals surface area contributed by atoms with Crippen molar-refractivity contribution >= 4 is 82.1 Å². The molecule has 0 aliphatic heterocycles. The third-order valence-corrected chi connectivity index (χ3v) is 9.79. The molecule has 0 atom stereocenters. The highest BCUT2D eigenvalue weighted by molar-refractivity contribution is 6.19. The van der Waals surface area contributed by atoms with Crippen molar-refractivity contribution in [3.63, 3.8) is 0 Å². The Labute approximate surface area is 277 Å². The molecule has 0 aliphatic carbocycles. The van der Waals surface area contributed by atoms with Gasteiger partial charge in [-0.05, 0) is 85.9 Å². The molecule has 0 N–H and O–H groups in total. The molecule has 2 heteroatoms. The molecule has 0 bridgehead atoms. The number of anilines is 3. The zero-order valence-corrected chi connectivity index (χ0v) is 26.1. The second-order valence-electron chi connectivity index (χ2n) is 12.5. The Kier molecular flexibility index (Phi) is 5.91. The molecular formula is C46H29NO. The SMILES string of the molecule is c1ccc(-c2ccc3oc4ccc(N(c5cc6ccccc6c6ccccc56)c5cc6ccccc6c6ccccc56)cc4c3c2)cc1. The molecule has 0 amide bonds. The average Bonchev–Trinajstić information content (AvgIpc) is 3.53. The van der Waals surface area contributed by atoms with Gasteiger partial charge >= 0.3 is 0 Å². The van der Waals surface area contributed by atoms with Crippen molar-refractivity contribution in [3.8, 4) is 11.1 Å². The van der Waals surface area contributed by atoms with Gasteiger partial charge in [-0.15, -0.1) is 0 Å². The molecule has 224 valence electrons. The van der Waals surface area contributed by atoms with E-state index in [1.807, 2.05) is 0 Å². The van der Waals surface area contributed by atoms with Gasteiger partial charge in [0.25, 0.3) is 0 Å². The lowest BCUT2D eigenvalue weighted by molar-refractivity contribution is 0.669. The van der Waals surface area contributed by atoms with Gasteiger partial charge < -0.3 is 9.32 Å². The van der Waals surface area contributed by atoms with Gasteiger partial charge in [-0.1, -0.05) is 133 Å². The first-order valence-electron chi connectivity index (χ1n) is 16.4. The number of rotatable bonds is 4. The summed E-state index contributed by atoms with van der Waals surface area (Å²) in [6.07, 6.45) is 0. The number of fused-ring (bicyclic) bond motifs is 9. The third-order valence-electron chi connectivity index (χ3n) is 9.79. The quantitative estimate of drug-likeness (QED) is 0.184. The molecule has 0 fully saturated rings. The summed E-state index contributed by atoms with van der Waals surface area (Å²) in [4.78, 5) is 2.46. The fourth-order valence-electron chi connectivity index (χ4n) is 7.56. The Balaban J connectivity index is 1.31. The summed E-state index contributed by atoms with van der Waals surface area (Å²) >= 11 is 0. The minimum atomic E-state index is 0.880. The van der Waals surface area contributed by atoms with Crippen molar-refractivity contribution in [1.82, 2.24) is 0 Å². The molecule has 0 aliphatic rings. The molecule has 2 nitrogen and oxygen atoms in total.